The predicted octanol–water partition coefficient (Wildman–Crippen LogP) is 3.23. The van der Waals surface area contributed by atoms with Gasteiger partial charge in [0, 0.05) is 37.3 Å². The van der Waals surface area contributed by atoms with E-state index in [1.165, 1.54) is 31.2 Å². The van der Waals surface area contributed by atoms with Crippen molar-refractivity contribution in [1.82, 2.24) is 10.2 Å². The van der Waals surface area contributed by atoms with Gasteiger partial charge in [0.15, 0.2) is 0 Å². The maximum atomic E-state index is 5.65. The molecule has 124 valence electrons. The highest BCUT2D eigenvalue weighted by atomic mass is 16.5. The zero-order chi connectivity index (χ0) is 15.8. The molecule has 0 aliphatic carbocycles. The van der Waals surface area contributed by atoms with Crippen LogP contribution in [0.2, 0.25) is 0 Å². The van der Waals surface area contributed by atoms with E-state index in [0.29, 0.717) is 6.04 Å². The summed E-state index contributed by atoms with van der Waals surface area (Å²) in [7, 11) is 3.45. The molecule has 1 saturated heterocycles. The number of ether oxygens (including phenoxy) is 2. The average Bonchev–Trinajstić information content (AvgIpc) is 2.84. The Morgan fingerprint density at radius 2 is 2.05 bits per heavy atom. The molecule has 0 radical (unpaired) electrons. The van der Waals surface area contributed by atoms with Gasteiger partial charge >= 0.3 is 0 Å². The first kappa shape index (κ1) is 17.1. The van der Waals surface area contributed by atoms with Crippen molar-refractivity contribution in [2.24, 2.45) is 0 Å². The Balaban J connectivity index is 2.26. The Morgan fingerprint density at radius 1 is 1.18 bits per heavy atom. The molecule has 1 aromatic carbocycles. The van der Waals surface area contributed by atoms with Crippen molar-refractivity contribution in [2.45, 2.75) is 38.6 Å². The van der Waals surface area contributed by atoms with Gasteiger partial charge < -0.3 is 14.8 Å². The minimum Gasteiger partial charge on any atom is -0.497 e. The number of hydrogen-bond donors (Lipinski definition) is 1. The molecular weight excluding hydrogens is 276 g/mol. The van der Waals surface area contributed by atoms with Crippen molar-refractivity contribution in [3.63, 3.8) is 0 Å². The van der Waals surface area contributed by atoms with Gasteiger partial charge in [-0.2, -0.15) is 0 Å². The summed E-state index contributed by atoms with van der Waals surface area (Å²) >= 11 is 0. The van der Waals surface area contributed by atoms with E-state index in [0.717, 1.165) is 37.7 Å². The van der Waals surface area contributed by atoms with Crippen LogP contribution in [0.15, 0.2) is 18.2 Å². The van der Waals surface area contributed by atoms with E-state index in [2.05, 4.69) is 23.2 Å². The van der Waals surface area contributed by atoms with Crippen molar-refractivity contribution in [3.05, 3.63) is 23.8 Å². The lowest BCUT2D eigenvalue weighted by atomic mass is 9.98. The fourth-order valence-electron chi connectivity index (χ4n) is 3.20. The van der Waals surface area contributed by atoms with Crippen LogP contribution in [0.1, 0.15) is 44.2 Å². The van der Waals surface area contributed by atoms with Gasteiger partial charge in [-0.25, -0.2) is 0 Å². The summed E-state index contributed by atoms with van der Waals surface area (Å²) in [6.45, 7) is 6.70. The standard InChI is InChI=1S/C18H30N2O2/c1-4-5-7-17(20-12-6-10-19-11-13-20)16-9-8-15(21-2)14-18(16)22-3/h8-9,14,17,19H,4-7,10-13H2,1-3H3. The maximum absolute atomic E-state index is 5.65. The van der Waals surface area contributed by atoms with Crippen molar-refractivity contribution >= 4 is 0 Å². The second kappa shape index (κ2) is 9.01. The van der Waals surface area contributed by atoms with E-state index in [9.17, 15) is 0 Å². The zero-order valence-corrected chi connectivity index (χ0v) is 14.2. The summed E-state index contributed by atoms with van der Waals surface area (Å²) in [5, 5.41) is 3.49. The van der Waals surface area contributed by atoms with E-state index in [1.54, 1.807) is 14.2 Å². The molecule has 1 aliphatic rings. The largest absolute Gasteiger partial charge is 0.497 e. The average molecular weight is 306 g/mol. The predicted molar refractivity (Wildman–Crippen MR) is 90.9 cm³/mol. The molecule has 1 fully saturated rings. The number of methoxy groups -OCH3 is 2. The van der Waals surface area contributed by atoms with Crippen LogP contribution in [0.4, 0.5) is 0 Å². The molecule has 1 aliphatic heterocycles. The molecule has 1 heterocycles. The zero-order valence-electron chi connectivity index (χ0n) is 14.2. The minimum atomic E-state index is 0.431. The van der Waals surface area contributed by atoms with Crippen molar-refractivity contribution in [2.75, 3.05) is 40.4 Å². The molecule has 0 bridgehead atoms. The van der Waals surface area contributed by atoms with Crippen molar-refractivity contribution < 1.29 is 9.47 Å². The van der Waals surface area contributed by atoms with Gasteiger partial charge in [0.05, 0.1) is 14.2 Å². The highest BCUT2D eigenvalue weighted by Crippen LogP contribution is 2.35. The molecular formula is C18H30N2O2. The Hall–Kier alpha value is -1.26. The first-order valence-electron chi connectivity index (χ1n) is 8.46. The molecule has 1 atom stereocenters. The lowest BCUT2D eigenvalue weighted by Gasteiger charge is -2.32. The van der Waals surface area contributed by atoms with E-state index in [4.69, 9.17) is 9.47 Å². The summed E-state index contributed by atoms with van der Waals surface area (Å²) in [6.07, 6.45) is 4.85. The van der Waals surface area contributed by atoms with Gasteiger partial charge in [-0.3, -0.25) is 4.90 Å². The third-order valence-corrected chi connectivity index (χ3v) is 4.45. The second-order valence-electron chi connectivity index (χ2n) is 5.91. The molecule has 0 spiro atoms. The van der Waals surface area contributed by atoms with E-state index in [1.807, 2.05) is 12.1 Å². The van der Waals surface area contributed by atoms with Gasteiger partial charge in [-0.05, 0) is 25.5 Å². The van der Waals surface area contributed by atoms with E-state index in [-0.39, 0.29) is 0 Å². The highest BCUT2D eigenvalue weighted by Gasteiger charge is 2.24. The molecule has 1 unspecified atom stereocenters. The lowest BCUT2D eigenvalue weighted by Crippen LogP contribution is -2.32. The Morgan fingerprint density at radius 3 is 2.77 bits per heavy atom. The van der Waals surface area contributed by atoms with E-state index < -0.39 is 0 Å². The van der Waals surface area contributed by atoms with Crippen molar-refractivity contribution in [1.29, 1.82) is 0 Å². The fraction of sp³-hybridized carbons (Fsp3) is 0.667. The third-order valence-electron chi connectivity index (χ3n) is 4.45. The van der Waals surface area contributed by atoms with Crippen LogP contribution >= 0.6 is 0 Å². The summed E-state index contributed by atoms with van der Waals surface area (Å²) < 4.78 is 11.0. The number of unbranched alkanes of at least 4 members (excludes halogenated alkanes) is 1. The molecule has 22 heavy (non-hydrogen) atoms. The number of rotatable bonds is 7. The lowest BCUT2D eigenvalue weighted by molar-refractivity contribution is 0.193. The van der Waals surface area contributed by atoms with Gasteiger partial charge in [0.1, 0.15) is 11.5 Å². The second-order valence-corrected chi connectivity index (χ2v) is 5.91. The van der Waals surface area contributed by atoms with Crippen LogP contribution in [0, 0.1) is 0 Å². The molecule has 4 heteroatoms. The Kier molecular flexibility index (Phi) is 7.00. The van der Waals surface area contributed by atoms with Crippen LogP contribution in [0.25, 0.3) is 0 Å². The molecule has 1 aromatic rings. The molecule has 1 N–H and O–H groups in total. The summed E-state index contributed by atoms with van der Waals surface area (Å²) in [6, 6.07) is 6.66. The third kappa shape index (κ3) is 4.37. The summed E-state index contributed by atoms with van der Waals surface area (Å²) in [4.78, 5) is 2.61. The Bertz CT molecular complexity index is 443. The van der Waals surface area contributed by atoms with Crippen LogP contribution in [0.5, 0.6) is 11.5 Å². The molecule has 4 nitrogen and oxygen atoms in total. The first-order valence-corrected chi connectivity index (χ1v) is 8.46. The summed E-state index contributed by atoms with van der Waals surface area (Å²) in [5.41, 5.74) is 1.29. The highest BCUT2D eigenvalue weighted by molar-refractivity contribution is 5.42. The van der Waals surface area contributed by atoms with Gasteiger partial charge in [0.2, 0.25) is 0 Å². The molecule has 2 rings (SSSR count). The normalized spacial score (nSPS) is 17.8. The van der Waals surface area contributed by atoms with Gasteiger partial charge in [0.25, 0.3) is 0 Å². The number of hydrogen-bond acceptors (Lipinski definition) is 4. The smallest absolute Gasteiger partial charge is 0.127 e. The van der Waals surface area contributed by atoms with Crippen LogP contribution in [0.3, 0.4) is 0 Å². The van der Waals surface area contributed by atoms with Crippen LogP contribution < -0.4 is 14.8 Å². The first-order chi connectivity index (χ1) is 10.8. The van der Waals surface area contributed by atoms with E-state index >= 15 is 0 Å². The van der Waals surface area contributed by atoms with Crippen LogP contribution in [-0.2, 0) is 0 Å². The van der Waals surface area contributed by atoms with Crippen LogP contribution in [-0.4, -0.2) is 45.3 Å². The molecule has 0 saturated carbocycles. The molecule has 0 aromatic heterocycles. The minimum absolute atomic E-state index is 0.431. The quantitative estimate of drug-likeness (QED) is 0.838. The SMILES string of the molecule is CCCCC(c1ccc(OC)cc1OC)N1CCCNCC1. The topological polar surface area (TPSA) is 33.7 Å². The maximum Gasteiger partial charge on any atom is 0.127 e. The fourth-order valence-corrected chi connectivity index (χ4v) is 3.20. The number of nitrogens with zero attached hydrogens (tertiary/aromatic N) is 1. The number of benzene rings is 1. The molecule has 0 amide bonds. The number of nitrogens with one attached hydrogen (secondary N) is 1. The van der Waals surface area contributed by atoms with Gasteiger partial charge in [-0.15, -0.1) is 0 Å². The van der Waals surface area contributed by atoms with Crippen molar-refractivity contribution in [3.8, 4) is 11.5 Å². The van der Waals surface area contributed by atoms with Gasteiger partial charge in [-0.1, -0.05) is 25.8 Å². The monoisotopic (exact) mass is 306 g/mol. The Labute approximate surface area is 134 Å². The summed E-state index contributed by atoms with van der Waals surface area (Å²) in [5.74, 6) is 1.80.